The minimum Gasteiger partial charge on any atom is -0.497 e. The Morgan fingerprint density at radius 1 is 0.963 bits per heavy atom. The lowest BCUT2D eigenvalue weighted by Crippen LogP contribution is -2.54. The van der Waals surface area contributed by atoms with Gasteiger partial charge in [-0.25, -0.2) is 9.69 Å². The number of aryl methyl sites for hydroxylation is 3. The predicted octanol–water partition coefficient (Wildman–Crippen LogP) is 3.29. The molecule has 6 heteroatoms. The van der Waals surface area contributed by atoms with Crippen LogP contribution in [0.4, 0.5) is 10.5 Å². The Labute approximate surface area is 157 Å². The molecule has 2 aromatic rings. The first-order valence-electron chi connectivity index (χ1n) is 8.45. The minimum absolute atomic E-state index is 0.0980. The normalized spacial score (nSPS) is 15.9. The standard InChI is InChI=1S/C21H20N2O4/c1-12-9-13(2)18(14(3)10-12)23-20(25)17(19(24)22-21(23)26)11-15-5-7-16(27-4)8-6-15/h5-11H,1-4H3,(H,22,24,26). The number of nitrogens with zero attached hydrogens (tertiary/aromatic N) is 1. The van der Waals surface area contributed by atoms with Crippen LogP contribution in [-0.2, 0) is 9.59 Å². The van der Waals surface area contributed by atoms with E-state index < -0.39 is 17.8 Å². The van der Waals surface area contributed by atoms with Crippen LogP contribution in [0.1, 0.15) is 22.3 Å². The van der Waals surface area contributed by atoms with Crippen molar-refractivity contribution in [1.82, 2.24) is 5.32 Å². The lowest BCUT2D eigenvalue weighted by molar-refractivity contribution is -0.122. The minimum atomic E-state index is -0.744. The van der Waals surface area contributed by atoms with Gasteiger partial charge in [0.25, 0.3) is 11.8 Å². The molecule has 1 saturated heterocycles. The number of methoxy groups -OCH3 is 1. The summed E-state index contributed by atoms with van der Waals surface area (Å²) < 4.78 is 5.11. The molecule has 27 heavy (non-hydrogen) atoms. The first kappa shape index (κ1) is 18.4. The SMILES string of the molecule is COc1ccc(C=C2C(=O)NC(=O)N(c3c(C)cc(C)cc3C)C2=O)cc1. The molecule has 1 N–H and O–H groups in total. The van der Waals surface area contributed by atoms with Gasteiger partial charge in [-0.3, -0.25) is 14.9 Å². The van der Waals surface area contributed by atoms with Crippen molar-refractivity contribution < 1.29 is 19.1 Å². The maximum atomic E-state index is 13.0. The van der Waals surface area contributed by atoms with Crippen LogP contribution in [0.25, 0.3) is 6.08 Å². The summed E-state index contributed by atoms with van der Waals surface area (Å²) in [7, 11) is 1.56. The summed E-state index contributed by atoms with van der Waals surface area (Å²) in [5.74, 6) is -0.687. The van der Waals surface area contributed by atoms with Crippen molar-refractivity contribution in [1.29, 1.82) is 0 Å². The van der Waals surface area contributed by atoms with Gasteiger partial charge in [-0.05, 0) is 55.7 Å². The van der Waals surface area contributed by atoms with E-state index in [9.17, 15) is 14.4 Å². The van der Waals surface area contributed by atoms with E-state index >= 15 is 0 Å². The van der Waals surface area contributed by atoms with Gasteiger partial charge in [-0.2, -0.15) is 0 Å². The van der Waals surface area contributed by atoms with Crippen LogP contribution in [0.15, 0.2) is 42.0 Å². The largest absolute Gasteiger partial charge is 0.497 e. The number of imide groups is 2. The van der Waals surface area contributed by atoms with Crippen molar-refractivity contribution in [2.75, 3.05) is 12.0 Å². The second-order valence-corrected chi connectivity index (χ2v) is 6.48. The van der Waals surface area contributed by atoms with Gasteiger partial charge >= 0.3 is 6.03 Å². The number of carbonyl (C=O) groups is 3. The number of amides is 4. The number of carbonyl (C=O) groups excluding carboxylic acids is 3. The molecule has 0 unspecified atom stereocenters. The predicted molar refractivity (Wildman–Crippen MR) is 103 cm³/mol. The first-order chi connectivity index (χ1) is 12.8. The molecule has 0 atom stereocenters. The van der Waals surface area contributed by atoms with Crippen LogP contribution in [0.3, 0.4) is 0 Å². The Balaban J connectivity index is 2.05. The number of benzene rings is 2. The number of hydrogen-bond acceptors (Lipinski definition) is 4. The summed E-state index contributed by atoms with van der Waals surface area (Å²) in [5.41, 5.74) is 3.66. The van der Waals surface area contributed by atoms with E-state index in [-0.39, 0.29) is 5.57 Å². The highest BCUT2D eigenvalue weighted by Gasteiger charge is 2.38. The lowest BCUT2D eigenvalue weighted by atomic mass is 10.0. The zero-order valence-corrected chi connectivity index (χ0v) is 15.6. The molecule has 0 radical (unpaired) electrons. The average molecular weight is 364 g/mol. The quantitative estimate of drug-likeness (QED) is 0.670. The molecule has 0 saturated carbocycles. The van der Waals surface area contributed by atoms with Gasteiger partial charge < -0.3 is 4.74 Å². The molecule has 1 fully saturated rings. The van der Waals surface area contributed by atoms with Crippen molar-refractivity contribution in [3.63, 3.8) is 0 Å². The highest BCUT2D eigenvalue weighted by Crippen LogP contribution is 2.29. The Kier molecular flexibility index (Phi) is 4.81. The fourth-order valence-electron chi connectivity index (χ4n) is 3.25. The van der Waals surface area contributed by atoms with Crippen LogP contribution in [0.2, 0.25) is 0 Å². The van der Waals surface area contributed by atoms with Crippen molar-refractivity contribution in [2.24, 2.45) is 0 Å². The highest BCUT2D eigenvalue weighted by atomic mass is 16.5. The number of hydrogen-bond donors (Lipinski definition) is 1. The summed E-state index contributed by atoms with van der Waals surface area (Å²) >= 11 is 0. The van der Waals surface area contributed by atoms with Gasteiger partial charge in [0.2, 0.25) is 0 Å². The number of ether oxygens (including phenoxy) is 1. The van der Waals surface area contributed by atoms with E-state index in [0.29, 0.717) is 17.0 Å². The topological polar surface area (TPSA) is 75.7 Å². The second kappa shape index (κ2) is 7.07. The molecule has 138 valence electrons. The number of nitrogens with one attached hydrogen (secondary N) is 1. The van der Waals surface area contributed by atoms with Crippen molar-refractivity contribution in [2.45, 2.75) is 20.8 Å². The molecule has 2 aromatic carbocycles. The smallest absolute Gasteiger partial charge is 0.335 e. The zero-order chi connectivity index (χ0) is 19.7. The molecule has 1 aliphatic rings. The van der Waals surface area contributed by atoms with Crippen LogP contribution in [0, 0.1) is 20.8 Å². The molecule has 6 nitrogen and oxygen atoms in total. The maximum Gasteiger partial charge on any atom is 0.335 e. The monoisotopic (exact) mass is 364 g/mol. The Bertz CT molecular complexity index is 951. The zero-order valence-electron chi connectivity index (χ0n) is 15.6. The molecule has 0 bridgehead atoms. The van der Waals surface area contributed by atoms with Crippen LogP contribution >= 0.6 is 0 Å². The summed E-state index contributed by atoms with van der Waals surface area (Å²) in [6.45, 7) is 5.61. The van der Waals surface area contributed by atoms with E-state index in [1.165, 1.54) is 6.08 Å². The van der Waals surface area contributed by atoms with Crippen molar-refractivity contribution >= 4 is 29.6 Å². The Morgan fingerprint density at radius 2 is 1.56 bits per heavy atom. The number of rotatable bonds is 3. The molecule has 3 rings (SSSR count). The third-order valence-electron chi connectivity index (χ3n) is 4.39. The number of anilines is 1. The van der Waals surface area contributed by atoms with Crippen LogP contribution < -0.4 is 15.0 Å². The van der Waals surface area contributed by atoms with E-state index in [2.05, 4.69) is 5.32 Å². The number of urea groups is 1. The lowest BCUT2D eigenvalue weighted by Gasteiger charge is -2.29. The van der Waals surface area contributed by atoms with E-state index in [1.54, 1.807) is 31.4 Å². The summed E-state index contributed by atoms with van der Waals surface area (Å²) in [4.78, 5) is 38.7. The van der Waals surface area contributed by atoms with Gasteiger partial charge in [0.1, 0.15) is 11.3 Å². The third-order valence-corrected chi connectivity index (χ3v) is 4.39. The second-order valence-electron chi connectivity index (χ2n) is 6.48. The summed E-state index contributed by atoms with van der Waals surface area (Å²) in [5, 5.41) is 2.25. The van der Waals surface area contributed by atoms with Gasteiger partial charge in [-0.1, -0.05) is 29.8 Å². The van der Waals surface area contributed by atoms with E-state index in [4.69, 9.17) is 4.74 Å². The van der Waals surface area contributed by atoms with Gasteiger partial charge in [0.05, 0.1) is 12.8 Å². The summed E-state index contributed by atoms with van der Waals surface area (Å²) in [6.07, 6.45) is 1.47. The average Bonchev–Trinajstić information content (AvgIpc) is 2.61. The fraction of sp³-hybridized carbons (Fsp3) is 0.190. The van der Waals surface area contributed by atoms with Gasteiger partial charge in [0, 0.05) is 0 Å². The van der Waals surface area contributed by atoms with Crippen molar-refractivity contribution in [3.05, 3.63) is 64.2 Å². The Morgan fingerprint density at radius 3 is 2.11 bits per heavy atom. The first-order valence-corrected chi connectivity index (χ1v) is 8.45. The van der Waals surface area contributed by atoms with Crippen LogP contribution in [0.5, 0.6) is 5.75 Å². The van der Waals surface area contributed by atoms with Gasteiger partial charge in [0.15, 0.2) is 0 Å². The van der Waals surface area contributed by atoms with Crippen molar-refractivity contribution in [3.8, 4) is 5.75 Å². The van der Waals surface area contributed by atoms with E-state index in [0.717, 1.165) is 21.6 Å². The molecule has 0 aromatic heterocycles. The fourth-order valence-corrected chi connectivity index (χ4v) is 3.25. The molecule has 0 aliphatic carbocycles. The van der Waals surface area contributed by atoms with E-state index in [1.807, 2.05) is 32.9 Å². The molecule has 1 heterocycles. The summed E-state index contributed by atoms with van der Waals surface area (Å²) in [6, 6.07) is 9.97. The highest BCUT2D eigenvalue weighted by molar-refractivity contribution is 6.39. The van der Waals surface area contributed by atoms with Crippen LogP contribution in [-0.4, -0.2) is 25.0 Å². The molecule has 0 spiro atoms. The number of barbiturate groups is 1. The third kappa shape index (κ3) is 3.46. The molecular formula is C21H20N2O4. The molecule has 1 aliphatic heterocycles. The molecule has 4 amide bonds. The Hall–Kier alpha value is -3.41. The van der Waals surface area contributed by atoms with Gasteiger partial charge in [-0.15, -0.1) is 0 Å². The maximum absolute atomic E-state index is 13.0. The molecular weight excluding hydrogens is 344 g/mol.